The molecule has 3 rings (SSSR count). The second-order valence-corrected chi connectivity index (χ2v) is 6.83. The Balaban J connectivity index is 1.91. The van der Waals surface area contributed by atoms with Gasteiger partial charge in [0.2, 0.25) is 0 Å². The monoisotopic (exact) mass is 355 g/mol. The molecular formula is C20H25N3O3. The molecule has 0 spiro atoms. The van der Waals surface area contributed by atoms with Crippen LogP contribution in [0.2, 0.25) is 0 Å². The molecule has 0 bridgehead atoms. The number of carbonyl (C=O) groups excluding carboxylic acids is 1. The van der Waals surface area contributed by atoms with Gasteiger partial charge in [-0.05, 0) is 30.9 Å². The summed E-state index contributed by atoms with van der Waals surface area (Å²) in [6.45, 7) is 6.73. The summed E-state index contributed by atoms with van der Waals surface area (Å²) in [5.41, 5.74) is 3.09. The number of aliphatic carboxylic acids is 1. The molecular weight excluding hydrogens is 330 g/mol. The zero-order valence-corrected chi connectivity index (χ0v) is 15.5. The molecule has 26 heavy (non-hydrogen) atoms. The van der Waals surface area contributed by atoms with Crippen molar-refractivity contribution in [1.29, 1.82) is 0 Å². The van der Waals surface area contributed by atoms with Gasteiger partial charge in [-0.2, -0.15) is 5.10 Å². The fourth-order valence-corrected chi connectivity index (χ4v) is 3.78. The first-order valence-electron chi connectivity index (χ1n) is 9.11. The van der Waals surface area contributed by atoms with Crippen molar-refractivity contribution in [2.75, 3.05) is 6.54 Å². The van der Waals surface area contributed by atoms with Gasteiger partial charge in [0.1, 0.15) is 0 Å². The van der Waals surface area contributed by atoms with E-state index in [2.05, 4.69) is 18.9 Å². The van der Waals surface area contributed by atoms with Crippen molar-refractivity contribution in [3.8, 4) is 0 Å². The molecule has 1 aromatic heterocycles. The van der Waals surface area contributed by atoms with Crippen LogP contribution >= 0.6 is 0 Å². The fourth-order valence-electron chi connectivity index (χ4n) is 3.78. The predicted molar refractivity (Wildman–Crippen MR) is 98.1 cm³/mol. The number of nitrogens with zero attached hydrogens (tertiary/aromatic N) is 3. The van der Waals surface area contributed by atoms with Crippen LogP contribution in [0.15, 0.2) is 30.5 Å². The summed E-state index contributed by atoms with van der Waals surface area (Å²) in [6.07, 6.45) is 3.52. The van der Waals surface area contributed by atoms with Crippen LogP contribution in [0.25, 0.3) is 0 Å². The lowest BCUT2D eigenvalue weighted by atomic mass is 9.89. The number of amides is 1. The molecule has 1 aliphatic heterocycles. The summed E-state index contributed by atoms with van der Waals surface area (Å²) in [5, 5.41) is 14.0. The molecule has 0 aliphatic carbocycles. The maximum atomic E-state index is 13.1. The molecule has 1 N–H and O–H groups in total. The highest BCUT2D eigenvalue weighted by Crippen LogP contribution is 2.30. The van der Waals surface area contributed by atoms with Crippen LogP contribution in [0.3, 0.4) is 0 Å². The topological polar surface area (TPSA) is 75.4 Å². The van der Waals surface area contributed by atoms with Gasteiger partial charge in [-0.25, -0.2) is 0 Å². The quantitative estimate of drug-likeness (QED) is 0.892. The van der Waals surface area contributed by atoms with E-state index < -0.39 is 11.9 Å². The second-order valence-electron chi connectivity index (χ2n) is 6.83. The molecule has 6 nitrogen and oxygen atoms in total. The smallest absolute Gasteiger partial charge is 0.312 e. The van der Waals surface area contributed by atoms with E-state index >= 15 is 0 Å². The average Bonchev–Trinajstić information content (AvgIpc) is 3.02. The van der Waals surface area contributed by atoms with Gasteiger partial charge in [-0.1, -0.05) is 38.1 Å². The Morgan fingerprint density at radius 2 is 1.96 bits per heavy atom. The maximum Gasteiger partial charge on any atom is 0.312 e. The average molecular weight is 355 g/mol. The lowest BCUT2D eigenvalue weighted by molar-refractivity contribution is -0.139. The third-order valence-corrected chi connectivity index (χ3v) is 5.34. The molecule has 0 saturated heterocycles. The van der Waals surface area contributed by atoms with Gasteiger partial charge in [-0.3, -0.25) is 14.3 Å². The third kappa shape index (κ3) is 3.11. The third-order valence-electron chi connectivity index (χ3n) is 5.34. The zero-order valence-electron chi connectivity index (χ0n) is 15.5. The van der Waals surface area contributed by atoms with Crippen molar-refractivity contribution in [2.24, 2.45) is 0 Å². The molecule has 138 valence electrons. The van der Waals surface area contributed by atoms with Gasteiger partial charge in [0, 0.05) is 18.8 Å². The van der Waals surface area contributed by atoms with Crippen molar-refractivity contribution in [1.82, 2.24) is 14.7 Å². The highest BCUT2D eigenvalue weighted by Gasteiger charge is 2.33. The summed E-state index contributed by atoms with van der Waals surface area (Å²) in [6, 6.07) is 7.72. The summed E-state index contributed by atoms with van der Waals surface area (Å²) < 4.78 is 1.92. The minimum Gasteiger partial charge on any atom is -0.481 e. The lowest BCUT2D eigenvalue weighted by Gasteiger charge is -2.32. The Morgan fingerprint density at radius 1 is 1.27 bits per heavy atom. The van der Waals surface area contributed by atoms with Crippen LogP contribution in [0.4, 0.5) is 0 Å². The first-order valence-corrected chi connectivity index (χ1v) is 9.11. The summed E-state index contributed by atoms with van der Waals surface area (Å²) in [4.78, 5) is 26.4. The van der Waals surface area contributed by atoms with Gasteiger partial charge >= 0.3 is 5.97 Å². The van der Waals surface area contributed by atoms with E-state index in [0.29, 0.717) is 12.1 Å². The zero-order chi connectivity index (χ0) is 18.8. The van der Waals surface area contributed by atoms with Gasteiger partial charge < -0.3 is 10.0 Å². The van der Waals surface area contributed by atoms with Crippen LogP contribution in [-0.4, -0.2) is 38.2 Å². The minimum absolute atomic E-state index is 0.152. The molecule has 2 aromatic rings. The van der Waals surface area contributed by atoms with Crippen LogP contribution in [-0.2, 0) is 11.3 Å². The van der Waals surface area contributed by atoms with Crippen LogP contribution in [0.5, 0.6) is 0 Å². The molecule has 0 fully saturated rings. The van der Waals surface area contributed by atoms with Crippen LogP contribution in [0.1, 0.15) is 65.8 Å². The van der Waals surface area contributed by atoms with Gasteiger partial charge in [0.05, 0.1) is 23.7 Å². The van der Waals surface area contributed by atoms with E-state index in [1.807, 2.05) is 35.9 Å². The Labute approximate surface area is 153 Å². The van der Waals surface area contributed by atoms with Crippen molar-refractivity contribution >= 4 is 11.9 Å². The molecule has 6 heteroatoms. The standard InChI is InChI=1S/C20H25N3O3/c1-4-15(5-2)23-13(3)17(10-21-23)19(24)22-11-14-8-6-7-9-16(14)18(12-22)20(25)26/h6-10,15,18H,4-5,11-12H2,1-3H3,(H,25,26). The summed E-state index contributed by atoms with van der Waals surface area (Å²) in [5.74, 6) is -1.75. The molecule has 1 amide bonds. The number of fused-ring (bicyclic) bond motifs is 1. The summed E-state index contributed by atoms with van der Waals surface area (Å²) >= 11 is 0. The van der Waals surface area contributed by atoms with Crippen molar-refractivity contribution in [2.45, 2.75) is 52.1 Å². The Morgan fingerprint density at radius 3 is 2.62 bits per heavy atom. The number of carbonyl (C=O) groups is 2. The van der Waals surface area contributed by atoms with E-state index in [0.717, 1.165) is 29.7 Å². The van der Waals surface area contributed by atoms with Crippen LogP contribution in [0, 0.1) is 6.92 Å². The first-order chi connectivity index (χ1) is 12.5. The number of hydrogen-bond donors (Lipinski definition) is 1. The van der Waals surface area contributed by atoms with Crippen molar-refractivity contribution in [3.05, 3.63) is 52.8 Å². The van der Waals surface area contributed by atoms with E-state index in [4.69, 9.17) is 0 Å². The Kier molecular flexibility index (Phi) is 5.11. The fraction of sp³-hybridized carbons (Fsp3) is 0.450. The van der Waals surface area contributed by atoms with E-state index in [9.17, 15) is 14.7 Å². The van der Waals surface area contributed by atoms with Gasteiger partial charge in [-0.15, -0.1) is 0 Å². The van der Waals surface area contributed by atoms with Crippen LogP contribution < -0.4 is 0 Å². The largest absolute Gasteiger partial charge is 0.481 e. The van der Waals surface area contributed by atoms with Gasteiger partial charge in [0.15, 0.2) is 0 Å². The summed E-state index contributed by atoms with van der Waals surface area (Å²) in [7, 11) is 0. The Hall–Kier alpha value is -2.63. The van der Waals surface area contributed by atoms with E-state index in [-0.39, 0.29) is 18.5 Å². The number of hydrogen-bond acceptors (Lipinski definition) is 3. The normalized spacial score (nSPS) is 16.6. The minimum atomic E-state index is -0.903. The second kappa shape index (κ2) is 7.32. The predicted octanol–water partition coefficient (Wildman–Crippen LogP) is 3.38. The maximum absolute atomic E-state index is 13.1. The van der Waals surface area contributed by atoms with E-state index in [1.54, 1.807) is 11.1 Å². The number of carboxylic acid groups (broad SMARTS) is 1. The highest BCUT2D eigenvalue weighted by atomic mass is 16.4. The lowest BCUT2D eigenvalue weighted by Crippen LogP contribution is -2.40. The van der Waals surface area contributed by atoms with Crippen molar-refractivity contribution < 1.29 is 14.7 Å². The molecule has 1 atom stereocenters. The first kappa shape index (κ1) is 18.2. The molecule has 0 radical (unpaired) electrons. The van der Waals surface area contributed by atoms with E-state index in [1.165, 1.54) is 0 Å². The number of carboxylic acids is 1. The molecule has 1 unspecified atom stereocenters. The van der Waals surface area contributed by atoms with Gasteiger partial charge in [0.25, 0.3) is 5.91 Å². The number of benzene rings is 1. The highest BCUT2D eigenvalue weighted by molar-refractivity contribution is 5.95. The SMILES string of the molecule is CCC(CC)n1ncc(C(=O)N2Cc3ccccc3C(C(=O)O)C2)c1C. The molecule has 1 aromatic carbocycles. The molecule has 1 aliphatic rings. The molecule has 0 saturated carbocycles. The Bertz CT molecular complexity index is 823. The number of rotatable bonds is 5. The molecule has 2 heterocycles. The number of aromatic nitrogens is 2. The van der Waals surface area contributed by atoms with Crippen molar-refractivity contribution in [3.63, 3.8) is 0 Å².